The number of thiazole rings is 1. The van der Waals surface area contributed by atoms with Crippen molar-refractivity contribution in [2.24, 2.45) is 0 Å². The molecular weight excluding hydrogens is 374 g/mol. The summed E-state index contributed by atoms with van der Waals surface area (Å²) in [5.41, 5.74) is 2.09. The number of nitrogens with zero attached hydrogens (tertiary/aromatic N) is 3. The van der Waals surface area contributed by atoms with Crippen LogP contribution in [-0.4, -0.2) is 44.5 Å². The number of aromatic nitrogens is 3. The summed E-state index contributed by atoms with van der Waals surface area (Å²) in [6.45, 7) is 2.68. The van der Waals surface area contributed by atoms with Crippen molar-refractivity contribution in [3.05, 3.63) is 33.5 Å². The van der Waals surface area contributed by atoms with Crippen LogP contribution in [0.15, 0.2) is 11.4 Å². The molecule has 2 aromatic rings. The molecule has 2 amide bonds. The lowest BCUT2D eigenvalue weighted by atomic mass is 9.98. The third-order valence-electron chi connectivity index (χ3n) is 5.70. The molecule has 2 fully saturated rings. The Balaban J connectivity index is 1.44. The molecule has 2 aliphatic rings. The van der Waals surface area contributed by atoms with Crippen molar-refractivity contribution in [1.29, 1.82) is 0 Å². The van der Waals surface area contributed by atoms with E-state index in [2.05, 4.69) is 20.5 Å². The molecule has 8 heteroatoms. The van der Waals surface area contributed by atoms with Crippen LogP contribution >= 0.6 is 11.3 Å². The van der Waals surface area contributed by atoms with Crippen LogP contribution in [0.1, 0.15) is 77.9 Å². The van der Waals surface area contributed by atoms with E-state index in [0.717, 1.165) is 55.0 Å². The van der Waals surface area contributed by atoms with Crippen LogP contribution in [0.25, 0.3) is 0 Å². The summed E-state index contributed by atoms with van der Waals surface area (Å²) in [4.78, 5) is 31.7. The van der Waals surface area contributed by atoms with E-state index in [1.54, 1.807) is 11.3 Å². The molecule has 150 valence electrons. The third-order valence-corrected chi connectivity index (χ3v) is 6.52. The zero-order chi connectivity index (χ0) is 19.5. The first-order valence-corrected chi connectivity index (χ1v) is 11.0. The van der Waals surface area contributed by atoms with Crippen LogP contribution in [0.3, 0.4) is 0 Å². The van der Waals surface area contributed by atoms with Gasteiger partial charge in [0.2, 0.25) is 5.91 Å². The zero-order valence-corrected chi connectivity index (χ0v) is 17.1. The number of carbonyl (C=O) groups excluding carboxylic acids is 2. The van der Waals surface area contributed by atoms with Crippen LogP contribution in [0, 0.1) is 6.92 Å². The minimum Gasteiger partial charge on any atom is -0.348 e. The largest absolute Gasteiger partial charge is 0.348 e. The topological polar surface area (TPSA) is 91.0 Å². The number of nitrogens with one attached hydrogen (secondary N) is 2. The molecule has 28 heavy (non-hydrogen) atoms. The number of hydrogen-bond acceptors (Lipinski definition) is 5. The smallest absolute Gasteiger partial charge is 0.271 e. The first-order valence-electron chi connectivity index (χ1n) is 10.2. The first kappa shape index (κ1) is 19.1. The van der Waals surface area contributed by atoms with Gasteiger partial charge in [-0.3, -0.25) is 14.7 Å². The number of H-pyrrole nitrogens is 1. The average Bonchev–Trinajstić information content (AvgIpc) is 3.44. The van der Waals surface area contributed by atoms with E-state index in [1.165, 1.54) is 12.8 Å². The Labute approximate surface area is 168 Å². The number of aromatic amines is 1. The number of carbonyl (C=O) groups is 2. The lowest BCUT2D eigenvalue weighted by Gasteiger charge is -2.35. The highest BCUT2D eigenvalue weighted by atomic mass is 32.1. The zero-order valence-electron chi connectivity index (χ0n) is 16.2. The van der Waals surface area contributed by atoms with Crippen molar-refractivity contribution in [2.45, 2.75) is 70.4 Å². The predicted octanol–water partition coefficient (Wildman–Crippen LogP) is 3.14. The molecule has 7 nitrogen and oxygen atoms in total. The second-order valence-corrected chi connectivity index (χ2v) is 8.86. The van der Waals surface area contributed by atoms with Gasteiger partial charge in [0.05, 0.1) is 28.9 Å². The maximum absolute atomic E-state index is 12.9. The van der Waals surface area contributed by atoms with Gasteiger partial charge >= 0.3 is 0 Å². The molecule has 2 aromatic heterocycles. The molecule has 1 saturated heterocycles. The summed E-state index contributed by atoms with van der Waals surface area (Å²) in [7, 11) is 0. The highest BCUT2D eigenvalue weighted by Gasteiger charge is 2.30. The Morgan fingerprint density at radius 3 is 2.79 bits per heavy atom. The van der Waals surface area contributed by atoms with Gasteiger partial charge in [0.25, 0.3) is 5.91 Å². The fourth-order valence-electron chi connectivity index (χ4n) is 4.25. The Hall–Kier alpha value is -2.22. The molecule has 0 aromatic carbocycles. The van der Waals surface area contributed by atoms with Gasteiger partial charge in [0.1, 0.15) is 5.69 Å². The number of amides is 2. The van der Waals surface area contributed by atoms with E-state index < -0.39 is 0 Å². The second-order valence-electron chi connectivity index (χ2n) is 7.80. The lowest BCUT2D eigenvalue weighted by molar-refractivity contribution is -0.134. The molecule has 1 aliphatic heterocycles. The normalized spacial score (nSPS) is 20.5. The molecule has 1 aliphatic carbocycles. The average molecular weight is 402 g/mol. The van der Waals surface area contributed by atoms with Crippen LogP contribution < -0.4 is 5.32 Å². The Kier molecular flexibility index (Phi) is 5.75. The van der Waals surface area contributed by atoms with Crippen molar-refractivity contribution in [1.82, 2.24) is 25.4 Å². The van der Waals surface area contributed by atoms with Crippen LogP contribution in [-0.2, 0) is 11.2 Å². The summed E-state index contributed by atoms with van der Waals surface area (Å²) in [5.74, 6) is -0.0393. The van der Waals surface area contributed by atoms with Gasteiger partial charge in [-0.05, 0) is 45.1 Å². The van der Waals surface area contributed by atoms with Gasteiger partial charge in [-0.15, -0.1) is 11.3 Å². The Morgan fingerprint density at radius 2 is 2.04 bits per heavy atom. The molecule has 1 saturated carbocycles. The molecule has 3 heterocycles. The van der Waals surface area contributed by atoms with E-state index >= 15 is 0 Å². The van der Waals surface area contributed by atoms with Crippen molar-refractivity contribution >= 4 is 23.2 Å². The van der Waals surface area contributed by atoms with Crippen molar-refractivity contribution in [2.75, 3.05) is 6.54 Å². The molecular formula is C20H27N5O2S. The number of aryl methyl sites for hydroxylation is 1. The Morgan fingerprint density at radius 1 is 1.25 bits per heavy atom. The SMILES string of the molecule is Cc1nc(CC(=O)N2CCCC[C@@H]2c2cc(C(=O)NC3CCCC3)n[nH]2)cs1. The summed E-state index contributed by atoms with van der Waals surface area (Å²) < 4.78 is 0. The van der Waals surface area contributed by atoms with Gasteiger partial charge in [0, 0.05) is 18.0 Å². The monoisotopic (exact) mass is 401 g/mol. The van der Waals surface area contributed by atoms with E-state index in [0.29, 0.717) is 12.1 Å². The summed E-state index contributed by atoms with van der Waals surface area (Å²) >= 11 is 1.57. The number of piperidine rings is 1. The quantitative estimate of drug-likeness (QED) is 0.805. The van der Waals surface area contributed by atoms with E-state index in [-0.39, 0.29) is 23.9 Å². The molecule has 2 N–H and O–H groups in total. The summed E-state index contributed by atoms with van der Waals surface area (Å²) in [6, 6.07) is 2.02. The fraction of sp³-hybridized carbons (Fsp3) is 0.600. The predicted molar refractivity (Wildman–Crippen MR) is 107 cm³/mol. The standard InChI is InChI=1S/C20H27N5O2S/c1-13-21-15(12-28-13)10-19(26)25-9-5-4-8-18(25)16-11-17(24-23-16)20(27)22-14-6-2-3-7-14/h11-12,14,18H,2-10H2,1H3,(H,22,27)(H,23,24)/t18-/m1/s1. The molecule has 0 radical (unpaired) electrons. The third kappa shape index (κ3) is 4.27. The molecule has 0 bridgehead atoms. The van der Waals surface area contributed by atoms with Crippen molar-refractivity contribution in [3.63, 3.8) is 0 Å². The van der Waals surface area contributed by atoms with Gasteiger partial charge < -0.3 is 10.2 Å². The molecule has 4 rings (SSSR count). The maximum atomic E-state index is 12.9. The van der Waals surface area contributed by atoms with E-state index in [4.69, 9.17) is 0 Å². The fourth-order valence-corrected chi connectivity index (χ4v) is 4.87. The van der Waals surface area contributed by atoms with Crippen LogP contribution in [0.2, 0.25) is 0 Å². The Bertz CT molecular complexity index is 839. The number of likely N-dealkylation sites (tertiary alicyclic amines) is 1. The number of rotatable bonds is 5. The minimum atomic E-state index is -0.124. The van der Waals surface area contributed by atoms with Crippen LogP contribution in [0.5, 0.6) is 0 Å². The van der Waals surface area contributed by atoms with Crippen molar-refractivity contribution < 1.29 is 9.59 Å². The van der Waals surface area contributed by atoms with Crippen molar-refractivity contribution in [3.8, 4) is 0 Å². The highest BCUT2D eigenvalue weighted by molar-refractivity contribution is 7.09. The minimum absolute atomic E-state index is 0.0542. The summed E-state index contributed by atoms with van der Waals surface area (Å²) in [6.07, 6.45) is 7.71. The molecule has 0 unspecified atom stereocenters. The maximum Gasteiger partial charge on any atom is 0.271 e. The molecule has 0 spiro atoms. The van der Waals surface area contributed by atoms with Gasteiger partial charge in [-0.2, -0.15) is 5.10 Å². The van der Waals surface area contributed by atoms with E-state index in [9.17, 15) is 9.59 Å². The van der Waals surface area contributed by atoms with Crippen LogP contribution in [0.4, 0.5) is 0 Å². The number of hydrogen-bond donors (Lipinski definition) is 2. The first-order chi connectivity index (χ1) is 13.6. The lowest BCUT2D eigenvalue weighted by Crippen LogP contribution is -2.39. The summed E-state index contributed by atoms with van der Waals surface area (Å²) in [5, 5.41) is 13.2. The van der Waals surface area contributed by atoms with Gasteiger partial charge in [-0.25, -0.2) is 4.98 Å². The van der Waals surface area contributed by atoms with Gasteiger partial charge in [-0.1, -0.05) is 12.8 Å². The highest BCUT2D eigenvalue weighted by Crippen LogP contribution is 2.31. The van der Waals surface area contributed by atoms with E-state index in [1.807, 2.05) is 23.3 Å². The second kappa shape index (κ2) is 8.43. The van der Waals surface area contributed by atoms with Gasteiger partial charge in [0.15, 0.2) is 0 Å². The molecule has 1 atom stereocenters.